The van der Waals surface area contributed by atoms with Gasteiger partial charge in [-0.3, -0.25) is 0 Å². The minimum atomic E-state index is -0.323. The van der Waals surface area contributed by atoms with Gasteiger partial charge < -0.3 is 14.8 Å². The Morgan fingerprint density at radius 1 is 1.14 bits per heavy atom. The Balaban J connectivity index is 1.68. The standard InChI is InChI=1S/C21H27N3O3S/c1-14-17(12-22-3)15(2)20(28-21-23-10-7-11-24-21)27-18(14)13-26-19(25)16-8-5-4-6-9-16/h4-11,14-15,17-18,20,22H,12-13H2,1-3H3/t14-,15-,17?,18?,20-/m0/s1. The molecule has 1 aliphatic rings. The van der Waals surface area contributed by atoms with Crippen LogP contribution in [0.25, 0.3) is 0 Å². The number of nitrogens with one attached hydrogen (secondary N) is 1. The number of nitrogens with zero attached hydrogens (tertiary/aromatic N) is 2. The van der Waals surface area contributed by atoms with Gasteiger partial charge >= 0.3 is 5.97 Å². The summed E-state index contributed by atoms with van der Waals surface area (Å²) in [6, 6.07) is 10.8. The van der Waals surface area contributed by atoms with E-state index in [0.717, 1.165) is 6.54 Å². The molecule has 3 rings (SSSR count). The van der Waals surface area contributed by atoms with Crippen molar-refractivity contribution in [2.24, 2.45) is 17.8 Å². The summed E-state index contributed by atoms with van der Waals surface area (Å²) in [5.74, 6) is 0.619. The first-order valence-electron chi connectivity index (χ1n) is 9.56. The van der Waals surface area contributed by atoms with Crippen molar-refractivity contribution in [3.8, 4) is 0 Å². The molecule has 0 amide bonds. The van der Waals surface area contributed by atoms with E-state index in [1.807, 2.05) is 25.2 Å². The van der Waals surface area contributed by atoms with Crippen molar-refractivity contribution < 1.29 is 14.3 Å². The molecule has 0 spiro atoms. The van der Waals surface area contributed by atoms with E-state index in [1.165, 1.54) is 11.8 Å². The molecule has 1 N–H and O–H groups in total. The Hall–Kier alpha value is -1.96. The number of carbonyl (C=O) groups excluding carboxylic acids is 1. The summed E-state index contributed by atoms with van der Waals surface area (Å²) in [6.07, 6.45) is 3.29. The molecule has 28 heavy (non-hydrogen) atoms. The minimum absolute atomic E-state index is 0.0997. The average molecular weight is 402 g/mol. The Bertz CT molecular complexity index is 747. The number of thioether (sulfide) groups is 1. The highest BCUT2D eigenvalue weighted by Gasteiger charge is 2.42. The maximum atomic E-state index is 12.3. The maximum absolute atomic E-state index is 12.3. The van der Waals surface area contributed by atoms with E-state index >= 15 is 0 Å². The van der Waals surface area contributed by atoms with Gasteiger partial charge in [-0.2, -0.15) is 0 Å². The summed E-state index contributed by atoms with van der Waals surface area (Å²) in [5, 5.41) is 3.98. The highest BCUT2D eigenvalue weighted by molar-refractivity contribution is 7.99. The number of aromatic nitrogens is 2. The molecule has 2 unspecified atom stereocenters. The summed E-state index contributed by atoms with van der Waals surface area (Å²) in [5.41, 5.74) is 0.451. The Morgan fingerprint density at radius 2 is 1.86 bits per heavy atom. The van der Waals surface area contributed by atoms with Gasteiger partial charge in [0, 0.05) is 12.4 Å². The Kier molecular flexibility index (Phi) is 7.42. The molecule has 150 valence electrons. The van der Waals surface area contributed by atoms with Gasteiger partial charge in [0.1, 0.15) is 12.0 Å². The van der Waals surface area contributed by atoms with Crippen molar-refractivity contribution in [3.63, 3.8) is 0 Å². The molecule has 1 fully saturated rings. The van der Waals surface area contributed by atoms with Crippen LogP contribution in [0.15, 0.2) is 53.9 Å². The first-order chi connectivity index (χ1) is 13.6. The molecular weight excluding hydrogens is 374 g/mol. The molecule has 1 aromatic carbocycles. The lowest BCUT2D eigenvalue weighted by molar-refractivity contribution is -0.117. The molecule has 6 nitrogen and oxygen atoms in total. The van der Waals surface area contributed by atoms with Gasteiger partial charge in [0.2, 0.25) is 0 Å². The van der Waals surface area contributed by atoms with Crippen molar-refractivity contribution >= 4 is 17.7 Å². The van der Waals surface area contributed by atoms with E-state index in [0.29, 0.717) is 22.6 Å². The van der Waals surface area contributed by atoms with Crippen molar-refractivity contribution in [3.05, 3.63) is 54.4 Å². The number of rotatable bonds is 7. The molecule has 1 saturated heterocycles. The zero-order valence-electron chi connectivity index (χ0n) is 16.4. The molecule has 0 aliphatic carbocycles. The molecule has 0 bridgehead atoms. The third-order valence-corrected chi connectivity index (χ3v) is 6.46. The van der Waals surface area contributed by atoms with Gasteiger partial charge in [0.15, 0.2) is 5.16 Å². The number of hydrogen-bond acceptors (Lipinski definition) is 7. The van der Waals surface area contributed by atoms with E-state index in [-0.39, 0.29) is 30.0 Å². The summed E-state index contributed by atoms with van der Waals surface area (Å²) in [6.45, 7) is 5.47. The van der Waals surface area contributed by atoms with Crippen LogP contribution in [0.5, 0.6) is 0 Å². The van der Waals surface area contributed by atoms with Gasteiger partial charge in [-0.05, 0) is 49.5 Å². The highest BCUT2D eigenvalue weighted by Crippen LogP contribution is 2.41. The molecule has 2 aromatic rings. The number of esters is 1. The van der Waals surface area contributed by atoms with Crippen LogP contribution >= 0.6 is 11.8 Å². The van der Waals surface area contributed by atoms with Gasteiger partial charge in [-0.25, -0.2) is 14.8 Å². The van der Waals surface area contributed by atoms with Crippen molar-refractivity contribution in [1.29, 1.82) is 0 Å². The van der Waals surface area contributed by atoms with E-state index in [9.17, 15) is 4.79 Å². The molecule has 2 heterocycles. The maximum Gasteiger partial charge on any atom is 0.338 e. The third-order valence-electron chi connectivity index (χ3n) is 5.27. The fraction of sp³-hybridized carbons (Fsp3) is 0.476. The van der Waals surface area contributed by atoms with Gasteiger partial charge in [0.05, 0.1) is 11.7 Å². The lowest BCUT2D eigenvalue weighted by Crippen LogP contribution is -2.49. The summed E-state index contributed by atoms with van der Waals surface area (Å²) >= 11 is 1.53. The molecule has 5 atom stereocenters. The van der Waals surface area contributed by atoms with Crippen LogP contribution in [-0.2, 0) is 9.47 Å². The van der Waals surface area contributed by atoms with E-state index in [1.54, 1.807) is 30.6 Å². The van der Waals surface area contributed by atoms with Crippen molar-refractivity contribution in [2.75, 3.05) is 20.2 Å². The lowest BCUT2D eigenvalue weighted by atomic mass is 9.78. The van der Waals surface area contributed by atoms with Crippen LogP contribution in [-0.4, -0.2) is 47.7 Å². The fourth-order valence-corrected chi connectivity index (χ4v) is 4.64. The molecule has 7 heteroatoms. The van der Waals surface area contributed by atoms with E-state index in [2.05, 4.69) is 29.1 Å². The Morgan fingerprint density at radius 3 is 2.54 bits per heavy atom. The van der Waals surface area contributed by atoms with Crippen LogP contribution in [0.4, 0.5) is 0 Å². The second kappa shape index (κ2) is 10.0. The van der Waals surface area contributed by atoms with Gasteiger partial charge in [-0.1, -0.05) is 43.8 Å². The predicted molar refractivity (Wildman–Crippen MR) is 109 cm³/mol. The smallest absolute Gasteiger partial charge is 0.338 e. The number of ether oxygens (including phenoxy) is 2. The molecular formula is C21H27N3O3S. The van der Waals surface area contributed by atoms with Crippen LogP contribution in [0.2, 0.25) is 0 Å². The fourth-order valence-electron chi connectivity index (χ4n) is 3.58. The number of benzene rings is 1. The lowest BCUT2D eigenvalue weighted by Gasteiger charge is -2.44. The molecule has 1 aliphatic heterocycles. The van der Waals surface area contributed by atoms with Crippen molar-refractivity contribution in [1.82, 2.24) is 15.3 Å². The van der Waals surface area contributed by atoms with Gasteiger partial charge in [-0.15, -0.1) is 0 Å². The van der Waals surface area contributed by atoms with Crippen LogP contribution in [0, 0.1) is 17.8 Å². The zero-order valence-corrected chi connectivity index (χ0v) is 17.3. The normalized spacial score (nSPS) is 27.3. The second-order valence-corrected chi connectivity index (χ2v) is 8.16. The first-order valence-corrected chi connectivity index (χ1v) is 10.4. The SMILES string of the molecule is CNCC1[C@H](C)C(COC(=O)c2ccccc2)O[C@@H](Sc2ncccn2)[C@H]1C. The highest BCUT2D eigenvalue weighted by atomic mass is 32.2. The largest absolute Gasteiger partial charge is 0.459 e. The van der Waals surface area contributed by atoms with Crippen LogP contribution in [0.3, 0.4) is 0 Å². The first kappa shape index (κ1) is 20.8. The van der Waals surface area contributed by atoms with Crippen molar-refractivity contribution in [2.45, 2.75) is 30.5 Å². The van der Waals surface area contributed by atoms with Crippen LogP contribution < -0.4 is 5.32 Å². The summed E-state index contributed by atoms with van der Waals surface area (Å²) in [4.78, 5) is 20.9. The second-order valence-electron chi connectivity index (χ2n) is 7.10. The molecule has 0 saturated carbocycles. The topological polar surface area (TPSA) is 73.3 Å². The molecule has 0 radical (unpaired) electrons. The predicted octanol–water partition coefficient (Wildman–Crippen LogP) is 3.26. The number of carbonyl (C=O) groups is 1. The molecule has 1 aromatic heterocycles. The monoisotopic (exact) mass is 401 g/mol. The average Bonchev–Trinajstić information content (AvgIpc) is 2.73. The van der Waals surface area contributed by atoms with E-state index < -0.39 is 0 Å². The number of hydrogen-bond donors (Lipinski definition) is 1. The quantitative estimate of drug-likeness (QED) is 0.564. The minimum Gasteiger partial charge on any atom is -0.459 e. The third kappa shape index (κ3) is 5.10. The summed E-state index contributed by atoms with van der Waals surface area (Å²) in [7, 11) is 1.96. The van der Waals surface area contributed by atoms with E-state index in [4.69, 9.17) is 9.47 Å². The zero-order chi connectivity index (χ0) is 19.9. The van der Waals surface area contributed by atoms with Crippen LogP contribution in [0.1, 0.15) is 24.2 Å². The summed E-state index contributed by atoms with van der Waals surface area (Å²) < 4.78 is 11.9. The Labute approximate surface area is 170 Å². The van der Waals surface area contributed by atoms with Gasteiger partial charge in [0.25, 0.3) is 0 Å².